The van der Waals surface area contributed by atoms with Gasteiger partial charge in [0.05, 0.1) is 23.1 Å². The molecule has 0 atom stereocenters. The van der Waals surface area contributed by atoms with Crippen LogP contribution in [0.2, 0.25) is 0 Å². The first-order chi connectivity index (χ1) is 8.56. The van der Waals surface area contributed by atoms with Crippen molar-refractivity contribution < 1.29 is 9.90 Å². The van der Waals surface area contributed by atoms with E-state index in [2.05, 4.69) is 25.9 Å². The summed E-state index contributed by atoms with van der Waals surface area (Å²) in [6, 6.07) is 5.98. The number of halogens is 1. The molecule has 0 unspecified atom stereocenters. The summed E-state index contributed by atoms with van der Waals surface area (Å²) < 4.78 is 2.61. The number of imidazole rings is 2. The van der Waals surface area contributed by atoms with E-state index in [1.54, 1.807) is 0 Å². The van der Waals surface area contributed by atoms with Gasteiger partial charge in [-0.25, -0.2) is 4.98 Å². The van der Waals surface area contributed by atoms with Crippen molar-refractivity contribution in [3.63, 3.8) is 0 Å². The first-order valence-electron chi connectivity index (χ1n) is 5.43. The normalized spacial score (nSPS) is 11.4. The fourth-order valence-electron chi connectivity index (χ4n) is 2.06. The lowest BCUT2D eigenvalue weighted by Gasteiger charge is -1.97. The van der Waals surface area contributed by atoms with Crippen LogP contribution in [0.25, 0.3) is 16.8 Å². The van der Waals surface area contributed by atoms with Gasteiger partial charge in [-0.1, -0.05) is 6.07 Å². The van der Waals surface area contributed by atoms with E-state index < -0.39 is 5.97 Å². The second kappa shape index (κ2) is 3.84. The summed E-state index contributed by atoms with van der Waals surface area (Å²) in [5.74, 6) is -0.223. The fraction of sp³-hybridized carbons (Fsp3) is 0.167. The van der Waals surface area contributed by atoms with Crippen molar-refractivity contribution in [1.82, 2.24) is 14.4 Å². The van der Waals surface area contributed by atoms with Crippen LogP contribution in [0.5, 0.6) is 0 Å². The molecule has 92 valence electrons. The van der Waals surface area contributed by atoms with Crippen LogP contribution in [-0.4, -0.2) is 25.4 Å². The van der Waals surface area contributed by atoms with Crippen LogP contribution in [-0.2, 0) is 11.2 Å². The number of carboxylic acid groups (broad SMARTS) is 1. The molecule has 5 nitrogen and oxygen atoms in total. The number of H-pyrrole nitrogens is 1. The third-order valence-electron chi connectivity index (χ3n) is 2.85. The highest BCUT2D eigenvalue weighted by atomic mass is 79.9. The molecule has 0 amide bonds. The number of benzene rings is 1. The van der Waals surface area contributed by atoms with Gasteiger partial charge in [0.1, 0.15) is 4.60 Å². The van der Waals surface area contributed by atoms with Crippen LogP contribution in [0.1, 0.15) is 11.3 Å². The molecule has 0 aliphatic rings. The lowest BCUT2D eigenvalue weighted by Crippen LogP contribution is -2.01. The van der Waals surface area contributed by atoms with Crippen molar-refractivity contribution in [3.8, 4) is 0 Å². The molecule has 2 aromatic heterocycles. The highest BCUT2D eigenvalue weighted by molar-refractivity contribution is 9.10. The second-order valence-electron chi connectivity index (χ2n) is 4.23. The molecule has 0 fully saturated rings. The molecule has 0 aliphatic carbocycles. The number of aromatic nitrogens is 3. The zero-order chi connectivity index (χ0) is 12.9. The van der Waals surface area contributed by atoms with Crippen LogP contribution in [0.3, 0.4) is 0 Å². The summed E-state index contributed by atoms with van der Waals surface area (Å²) >= 11 is 3.43. The van der Waals surface area contributed by atoms with Crippen LogP contribution < -0.4 is 0 Å². The van der Waals surface area contributed by atoms with Crippen LogP contribution >= 0.6 is 15.9 Å². The van der Waals surface area contributed by atoms with E-state index in [0.717, 1.165) is 16.6 Å². The number of aliphatic carboxylic acids is 1. The Hall–Kier alpha value is -1.82. The molecule has 0 bridgehead atoms. The number of aryl methyl sites for hydroxylation is 1. The van der Waals surface area contributed by atoms with Gasteiger partial charge < -0.3 is 10.1 Å². The number of carboxylic acids is 1. The molecule has 3 rings (SSSR count). The van der Waals surface area contributed by atoms with E-state index in [4.69, 9.17) is 5.11 Å². The van der Waals surface area contributed by atoms with Crippen LogP contribution in [0, 0.1) is 6.92 Å². The maximum absolute atomic E-state index is 10.8. The van der Waals surface area contributed by atoms with E-state index in [1.807, 2.05) is 29.5 Å². The highest BCUT2D eigenvalue weighted by Crippen LogP contribution is 2.25. The molecule has 0 radical (unpaired) electrons. The monoisotopic (exact) mass is 307 g/mol. The van der Waals surface area contributed by atoms with E-state index in [0.29, 0.717) is 16.1 Å². The molecule has 2 N–H and O–H groups in total. The van der Waals surface area contributed by atoms with Gasteiger partial charge in [0.15, 0.2) is 0 Å². The van der Waals surface area contributed by atoms with Gasteiger partial charge in [-0.15, -0.1) is 0 Å². The Morgan fingerprint density at radius 1 is 1.56 bits per heavy atom. The van der Waals surface area contributed by atoms with Crippen molar-refractivity contribution in [2.75, 3.05) is 0 Å². The molecular formula is C12H10BrN3O2. The third-order valence-corrected chi connectivity index (χ3v) is 3.68. The highest BCUT2D eigenvalue weighted by Gasteiger charge is 2.15. The molecule has 3 aromatic rings. The van der Waals surface area contributed by atoms with E-state index in [1.165, 1.54) is 0 Å². The number of carbonyl (C=O) groups is 1. The van der Waals surface area contributed by atoms with Gasteiger partial charge in [-0.3, -0.25) is 9.20 Å². The van der Waals surface area contributed by atoms with Gasteiger partial charge in [0.25, 0.3) is 0 Å². The molecule has 0 spiro atoms. The maximum Gasteiger partial charge on any atom is 0.309 e. The standard InChI is InChI=1S/C12H10BrN3O2/c1-6-2-3-7-9(4-6)16-11(13)8(5-10(17)18)15-12(16)14-7/h2-4H,5H2,1H3,(H,14,15)(H,17,18). The summed E-state index contributed by atoms with van der Waals surface area (Å²) in [5, 5.41) is 8.84. The maximum atomic E-state index is 10.8. The number of hydrogen-bond acceptors (Lipinski definition) is 2. The number of aromatic amines is 1. The molecule has 1 aromatic carbocycles. The Kier molecular flexibility index (Phi) is 2.41. The molecule has 0 aliphatic heterocycles. The molecule has 0 saturated carbocycles. The number of nitrogens with one attached hydrogen (secondary N) is 1. The Morgan fingerprint density at radius 2 is 2.33 bits per heavy atom. The topological polar surface area (TPSA) is 70.4 Å². The Morgan fingerprint density at radius 3 is 3.06 bits per heavy atom. The lowest BCUT2D eigenvalue weighted by molar-refractivity contribution is -0.136. The second-order valence-corrected chi connectivity index (χ2v) is 4.98. The van der Waals surface area contributed by atoms with Crippen molar-refractivity contribution >= 4 is 38.7 Å². The number of nitrogens with zero attached hydrogens (tertiary/aromatic N) is 2. The first kappa shape index (κ1) is 11.3. The molecule has 0 saturated heterocycles. The smallest absolute Gasteiger partial charge is 0.309 e. The minimum absolute atomic E-state index is 0.0583. The minimum atomic E-state index is -0.874. The predicted octanol–water partition coefficient (Wildman–Crippen LogP) is 2.51. The van der Waals surface area contributed by atoms with Crippen molar-refractivity contribution in [3.05, 3.63) is 34.1 Å². The summed E-state index contributed by atoms with van der Waals surface area (Å²) in [7, 11) is 0. The average molecular weight is 308 g/mol. The molecule has 18 heavy (non-hydrogen) atoms. The number of fused-ring (bicyclic) bond motifs is 3. The van der Waals surface area contributed by atoms with Gasteiger partial charge >= 0.3 is 5.97 Å². The van der Waals surface area contributed by atoms with E-state index >= 15 is 0 Å². The molecular weight excluding hydrogens is 298 g/mol. The summed E-state index contributed by atoms with van der Waals surface area (Å²) in [6.45, 7) is 2.01. The SMILES string of the molecule is Cc1ccc2nc3[nH]c(CC(=O)O)c(Br)n3c2c1. The zero-order valence-corrected chi connectivity index (χ0v) is 11.2. The Bertz CT molecular complexity index is 772. The van der Waals surface area contributed by atoms with Gasteiger partial charge in [-0.05, 0) is 40.5 Å². The average Bonchev–Trinajstić information content (AvgIpc) is 2.77. The number of hydrogen-bond donors (Lipinski definition) is 2. The van der Waals surface area contributed by atoms with Crippen molar-refractivity contribution in [2.45, 2.75) is 13.3 Å². The van der Waals surface area contributed by atoms with Crippen molar-refractivity contribution in [2.24, 2.45) is 0 Å². The zero-order valence-electron chi connectivity index (χ0n) is 9.57. The first-order valence-corrected chi connectivity index (χ1v) is 6.22. The largest absolute Gasteiger partial charge is 0.481 e. The third kappa shape index (κ3) is 1.60. The minimum Gasteiger partial charge on any atom is -0.481 e. The lowest BCUT2D eigenvalue weighted by atomic mass is 10.2. The van der Waals surface area contributed by atoms with Gasteiger partial charge in [0.2, 0.25) is 5.78 Å². The van der Waals surface area contributed by atoms with Crippen molar-refractivity contribution in [1.29, 1.82) is 0 Å². The summed E-state index contributed by atoms with van der Waals surface area (Å²) in [5.41, 5.74) is 3.60. The molecule has 6 heteroatoms. The Labute approximate surface area is 111 Å². The van der Waals surface area contributed by atoms with Gasteiger partial charge in [0, 0.05) is 0 Å². The summed E-state index contributed by atoms with van der Waals surface area (Å²) in [6.07, 6.45) is -0.0583. The van der Waals surface area contributed by atoms with E-state index in [9.17, 15) is 4.79 Å². The van der Waals surface area contributed by atoms with Crippen LogP contribution in [0.15, 0.2) is 22.8 Å². The number of rotatable bonds is 2. The van der Waals surface area contributed by atoms with Crippen LogP contribution in [0.4, 0.5) is 0 Å². The predicted molar refractivity (Wildman–Crippen MR) is 70.8 cm³/mol. The van der Waals surface area contributed by atoms with Gasteiger partial charge in [-0.2, -0.15) is 0 Å². The molecule has 2 heterocycles. The Balaban J connectivity index is 2.32. The summed E-state index contributed by atoms with van der Waals surface area (Å²) in [4.78, 5) is 18.2. The quantitative estimate of drug-likeness (QED) is 0.764. The van der Waals surface area contributed by atoms with E-state index in [-0.39, 0.29) is 6.42 Å². The fourth-order valence-corrected chi connectivity index (χ4v) is 2.66.